The van der Waals surface area contributed by atoms with Crippen LogP contribution in [0.2, 0.25) is 0 Å². The summed E-state index contributed by atoms with van der Waals surface area (Å²) in [6.45, 7) is 3.22. The molecule has 1 N–H and O–H groups in total. The van der Waals surface area contributed by atoms with E-state index in [4.69, 9.17) is 0 Å². The van der Waals surface area contributed by atoms with Gasteiger partial charge in [-0.25, -0.2) is 12.8 Å². The zero-order chi connectivity index (χ0) is 22.6. The van der Waals surface area contributed by atoms with Gasteiger partial charge in [0, 0.05) is 57.1 Å². The number of likely N-dealkylation sites (tertiary alicyclic amines) is 1. The second-order valence-corrected chi connectivity index (χ2v) is 10.5. The number of rotatable bonds is 6. The van der Waals surface area contributed by atoms with Crippen LogP contribution in [0.25, 0.3) is 0 Å². The van der Waals surface area contributed by atoms with Gasteiger partial charge in [0.05, 0.1) is 0 Å². The van der Waals surface area contributed by atoms with E-state index in [0.29, 0.717) is 25.9 Å². The first-order valence-electron chi connectivity index (χ1n) is 11.1. The molecular formula is C23H29FN4O3S. The molecule has 0 saturated carbocycles. The Hall–Kier alpha value is -2.36. The highest BCUT2D eigenvalue weighted by atomic mass is 32.2. The Morgan fingerprint density at radius 3 is 2.34 bits per heavy atom. The Morgan fingerprint density at radius 1 is 1.03 bits per heavy atom. The minimum absolute atomic E-state index is 0.0282. The van der Waals surface area contributed by atoms with Gasteiger partial charge in [-0.2, -0.15) is 4.31 Å². The van der Waals surface area contributed by atoms with Gasteiger partial charge in [-0.05, 0) is 55.5 Å². The van der Waals surface area contributed by atoms with Crippen LogP contribution in [0.5, 0.6) is 0 Å². The topological polar surface area (TPSA) is 82.6 Å². The first-order valence-corrected chi connectivity index (χ1v) is 12.5. The molecule has 32 heavy (non-hydrogen) atoms. The largest absolute Gasteiger partial charge is 0.353 e. The zero-order valence-electron chi connectivity index (χ0n) is 18.0. The summed E-state index contributed by atoms with van der Waals surface area (Å²) in [6, 6.07) is 9.88. The number of carbonyl (C=O) groups is 1. The fourth-order valence-electron chi connectivity index (χ4n) is 4.41. The maximum absolute atomic E-state index is 13.1. The van der Waals surface area contributed by atoms with E-state index in [0.717, 1.165) is 38.0 Å². The maximum atomic E-state index is 13.1. The van der Waals surface area contributed by atoms with Crippen molar-refractivity contribution in [3.63, 3.8) is 0 Å². The summed E-state index contributed by atoms with van der Waals surface area (Å²) >= 11 is 0. The van der Waals surface area contributed by atoms with Crippen molar-refractivity contribution >= 4 is 15.9 Å². The van der Waals surface area contributed by atoms with Gasteiger partial charge in [-0.15, -0.1) is 0 Å². The monoisotopic (exact) mass is 460 g/mol. The number of hydrogen-bond acceptors (Lipinski definition) is 5. The van der Waals surface area contributed by atoms with Crippen molar-refractivity contribution in [2.75, 3.05) is 26.2 Å². The van der Waals surface area contributed by atoms with Crippen LogP contribution in [0.3, 0.4) is 0 Å². The lowest BCUT2D eigenvalue weighted by Crippen LogP contribution is -2.48. The number of pyridine rings is 1. The molecule has 0 bridgehead atoms. The highest BCUT2D eigenvalue weighted by Crippen LogP contribution is 2.24. The van der Waals surface area contributed by atoms with Crippen LogP contribution in [0.1, 0.15) is 31.2 Å². The third-order valence-corrected chi connectivity index (χ3v) is 8.23. The number of nitrogens with zero attached hydrogens (tertiary/aromatic N) is 3. The normalized spacial score (nSPS) is 19.7. The summed E-state index contributed by atoms with van der Waals surface area (Å²) in [7, 11) is -3.56. The number of sulfonamides is 1. The molecular weight excluding hydrogens is 431 g/mol. The number of amides is 1. The van der Waals surface area contributed by atoms with Crippen LogP contribution < -0.4 is 5.32 Å². The average molecular weight is 461 g/mol. The third-order valence-electron chi connectivity index (χ3n) is 6.35. The minimum Gasteiger partial charge on any atom is -0.353 e. The molecule has 4 rings (SSSR count). The predicted octanol–water partition coefficient (Wildman–Crippen LogP) is 2.40. The third kappa shape index (κ3) is 5.51. The van der Waals surface area contributed by atoms with Crippen molar-refractivity contribution in [2.45, 2.75) is 43.2 Å². The summed E-state index contributed by atoms with van der Waals surface area (Å²) in [5.74, 6) is -0.358. The minimum atomic E-state index is -3.56. The number of carbonyl (C=O) groups excluding carboxylic acids is 1. The van der Waals surface area contributed by atoms with E-state index in [1.807, 2.05) is 12.1 Å². The molecule has 9 heteroatoms. The van der Waals surface area contributed by atoms with Crippen molar-refractivity contribution in [2.24, 2.45) is 5.92 Å². The number of nitrogens with one attached hydrogen (secondary N) is 1. The van der Waals surface area contributed by atoms with Crippen molar-refractivity contribution in [3.05, 3.63) is 60.2 Å². The standard InChI is InChI=1S/C23H29FN4O3S/c24-20-5-3-18(4-6-20)17-27-12-9-21(10-13-27)26-23(29)19-7-14-28(15-8-19)32(30,31)22-2-1-11-25-16-22/h1-6,11,16,19,21H,7-10,12-15,17H2,(H,26,29). The van der Waals surface area contributed by atoms with Crippen molar-refractivity contribution in [1.29, 1.82) is 0 Å². The van der Waals surface area contributed by atoms with Crippen LogP contribution in [0.15, 0.2) is 53.7 Å². The number of hydrogen-bond donors (Lipinski definition) is 1. The highest BCUT2D eigenvalue weighted by molar-refractivity contribution is 7.89. The van der Waals surface area contributed by atoms with Gasteiger partial charge >= 0.3 is 0 Å². The first-order chi connectivity index (χ1) is 15.4. The molecule has 2 aliphatic heterocycles. The van der Waals surface area contributed by atoms with Gasteiger partial charge in [0.25, 0.3) is 0 Å². The van der Waals surface area contributed by atoms with E-state index in [1.165, 1.54) is 22.6 Å². The fourth-order valence-corrected chi connectivity index (χ4v) is 5.84. The Labute approximate surface area is 188 Å². The molecule has 1 aromatic carbocycles. The van der Waals surface area contributed by atoms with E-state index in [1.54, 1.807) is 18.3 Å². The molecule has 0 aliphatic carbocycles. The van der Waals surface area contributed by atoms with Crippen LogP contribution in [0, 0.1) is 11.7 Å². The zero-order valence-corrected chi connectivity index (χ0v) is 18.8. The second kappa shape index (κ2) is 10.1. The molecule has 7 nitrogen and oxygen atoms in total. The molecule has 2 saturated heterocycles. The highest BCUT2D eigenvalue weighted by Gasteiger charge is 2.33. The molecule has 0 radical (unpaired) electrons. The van der Waals surface area contributed by atoms with Crippen LogP contribution in [-0.4, -0.2) is 60.7 Å². The molecule has 2 aromatic rings. The SMILES string of the molecule is O=C(NC1CCN(Cc2ccc(F)cc2)CC1)C1CCN(S(=O)(=O)c2cccnc2)CC1. The van der Waals surface area contributed by atoms with Gasteiger partial charge in [-0.1, -0.05) is 12.1 Å². The number of benzene rings is 1. The van der Waals surface area contributed by atoms with Gasteiger partial charge in [-0.3, -0.25) is 14.7 Å². The molecule has 2 aliphatic rings. The van der Waals surface area contributed by atoms with Crippen molar-refractivity contribution in [3.8, 4) is 0 Å². The lowest BCUT2D eigenvalue weighted by Gasteiger charge is -2.34. The van der Waals surface area contributed by atoms with Gasteiger partial charge < -0.3 is 5.32 Å². The number of piperidine rings is 2. The lowest BCUT2D eigenvalue weighted by molar-refractivity contribution is -0.127. The lowest BCUT2D eigenvalue weighted by atomic mass is 9.95. The Balaban J connectivity index is 1.21. The van der Waals surface area contributed by atoms with E-state index in [-0.39, 0.29) is 28.6 Å². The predicted molar refractivity (Wildman–Crippen MR) is 119 cm³/mol. The second-order valence-electron chi connectivity index (χ2n) is 8.55. The Bertz CT molecular complexity index is 1000. The number of halogens is 1. The van der Waals surface area contributed by atoms with Gasteiger partial charge in [0.15, 0.2) is 0 Å². The van der Waals surface area contributed by atoms with Crippen molar-refractivity contribution < 1.29 is 17.6 Å². The molecule has 2 fully saturated rings. The van der Waals surface area contributed by atoms with Crippen LogP contribution in [-0.2, 0) is 21.4 Å². The van der Waals surface area contributed by atoms with E-state index in [2.05, 4.69) is 15.2 Å². The smallest absolute Gasteiger partial charge is 0.244 e. The van der Waals surface area contributed by atoms with Gasteiger partial charge in [0.1, 0.15) is 10.7 Å². The Morgan fingerprint density at radius 2 is 1.72 bits per heavy atom. The first kappa shape index (κ1) is 22.8. The van der Waals surface area contributed by atoms with Crippen LogP contribution in [0.4, 0.5) is 4.39 Å². The summed E-state index contributed by atoms with van der Waals surface area (Å²) in [4.78, 5) is 19.2. The summed E-state index contributed by atoms with van der Waals surface area (Å²) in [5.41, 5.74) is 1.09. The molecule has 0 spiro atoms. The molecule has 0 unspecified atom stereocenters. The summed E-state index contributed by atoms with van der Waals surface area (Å²) < 4.78 is 39.9. The maximum Gasteiger partial charge on any atom is 0.244 e. The molecule has 1 aromatic heterocycles. The van der Waals surface area contributed by atoms with Gasteiger partial charge in [0.2, 0.25) is 15.9 Å². The van der Waals surface area contributed by atoms with Crippen LogP contribution >= 0.6 is 0 Å². The average Bonchev–Trinajstić information content (AvgIpc) is 2.82. The molecule has 1 amide bonds. The van der Waals surface area contributed by atoms with E-state index >= 15 is 0 Å². The molecule has 172 valence electrons. The fraction of sp³-hybridized carbons (Fsp3) is 0.478. The Kier molecular flexibility index (Phi) is 7.17. The molecule has 3 heterocycles. The quantitative estimate of drug-likeness (QED) is 0.716. The number of aromatic nitrogens is 1. The summed E-state index contributed by atoms with van der Waals surface area (Å²) in [5, 5.41) is 3.17. The molecule has 0 atom stereocenters. The van der Waals surface area contributed by atoms with E-state index in [9.17, 15) is 17.6 Å². The summed E-state index contributed by atoms with van der Waals surface area (Å²) in [6.07, 6.45) is 5.70. The van der Waals surface area contributed by atoms with E-state index < -0.39 is 10.0 Å². The van der Waals surface area contributed by atoms with Crippen molar-refractivity contribution in [1.82, 2.24) is 19.5 Å².